The third-order valence-electron chi connectivity index (χ3n) is 5.72. The molecule has 0 saturated heterocycles. The highest BCUT2D eigenvalue weighted by Crippen LogP contribution is 2.50. The summed E-state index contributed by atoms with van der Waals surface area (Å²) in [5, 5.41) is 23.2. The monoisotopic (exact) mass is 373 g/mol. The van der Waals surface area contributed by atoms with Crippen molar-refractivity contribution in [3.63, 3.8) is 0 Å². The van der Waals surface area contributed by atoms with Crippen molar-refractivity contribution in [1.29, 1.82) is 0 Å². The van der Waals surface area contributed by atoms with E-state index in [1.54, 1.807) is 24.3 Å². The van der Waals surface area contributed by atoms with Crippen LogP contribution in [0.25, 0.3) is 0 Å². The molecule has 1 aliphatic rings. The summed E-state index contributed by atoms with van der Waals surface area (Å²) in [7, 11) is 0. The fourth-order valence-electron chi connectivity index (χ4n) is 4.28. The van der Waals surface area contributed by atoms with Gasteiger partial charge in [0, 0.05) is 11.3 Å². The van der Waals surface area contributed by atoms with Crippen LogP contribution in [0.3, 0.4) is 0 Å². The molecule has 0 radical (unpaired) electrons. The minimum absolute atomic E-state index is 0.133. The summed E-state index contributed by atoms with van der Waals surface area (Å²) in [6.07, 6.45) is 0. The summed E-state index contributed by atoms with van der Waals surface area (Å²) in [6, 6.07) is 14.7. The second-order valence-corrected chi connectivity index (χ2v) is 7.71. The number of aryl methyl sites for hydroxylation is 4. The van der Waals surface area contributed by atoms with Crippen LogP contribution < -0.4 is 5.32 Å². The normalized spacial score (nSPS) is 14.6. The average molecular weight is 373 g/mol. The van der Waals surface area contributed by atoms with Crippen LogP contribution in [0.4, 0.5) is 5.69 Å². The lowest BCUT2D eigenvalue weighted by molar-refractivity contribution is -0.118. The highest BCUT2D eigenvalue weighted by molar-refractivity contribution is 6.12. The maximum absolute atomic E-state index is 13.6. The van der Waals surface area contributed by atoms with Gasteiger partial charge < -0.3 is 15.5 Å². The fraction of sp³-hybridized carbons (Fsp3) is 0.208. The number of amides is 1. The molecule has 1 heterocycles. The predicted octanol–water partition coefficient (Wildman–Crippen LogP) is 4.62. The van der Waals surface area contributed by atoms with Gasteiger partial charge in [-0.05, 0) is 67.6 Å². The Morgan fingerprint density at radius 2 is 1.29 bits per heavy atom. The van der Waals surface area contributed by atoms with Gasteiger partial charge in [-0.25, -0.2) is 0 Å². The molecule has 0 fully saturated rings. The van der Waals surface area contributed by atoms with Crippen LogP contribution in [-0.2, 0) is 10.2 Å². The standard InChI is InChI=1S/C24H23NO3/c1-13-9-16(4)22-19(10-13)24(23(28)25-22,17-5-7-20(26)14(2)11-17)18-6-8-21(27)15(3)12-18/h5-12,26-27H,1-4H3,(H,25,28). The number of hydrogen-bond acceptors (Lipinski definition) is 3. The lowest BCUT2D eigenvalue weighted by Gasteiger charge is -2.30. The Labute approximate surface area is 164 Å². The first-order valence-electron chi connectivity index (χ1n) is 9.28. The molecule has 3 aromatic rings. The highest BCUT2D eigenvalue weighted by atomic mass is 16.3. The molecule has 0 bridgehead atoms. The number of rotatable bonds is 2. The van der Waals surface area contributed by atoms with Gasteiger partial charge in [-0.1, -0.05) is 42.0 Å². The van der Waals surface area contributed by atoms with E-state index in [0.717, 1.165) is 33.5 Å². The number of anilines is 1. The number of aromatic hydroxyl groups is 2. The Bertz CT molecular complexity index is 1080. The van der Waals surface area contributed by atoms with Gasteiger partial charge in [0.2, 0.25) is 5.91 Å². The Balaban J connectivity index is 2.14. The van der Waals surface area contributed by atoms with E-state index in [9.17, 15) is 15.0 Å². The largest absolute Gasteiger partial charge is 0.508 e. The van der Waals surface area contributed by atoms with Gasteiger partial charge in [-0.2, -0.15) is 0 Å². The molecule has 4 nitrogen and oxygen atoms in total. The quantitative estimate of drug-likeness (QED) is 0.614. The fourth-order valence-corrected chi connectivity index (χ4v) is 4.28. The van der Waals surface area contributed by atoms with E-state index in [0.29, 0.717) is 11.1 Å². The zero-order valence-corrected chi connectivity index (χ0v) is 16.4. The number of hydrogen-bond donors (Lipinski definition) is 3. The minimum atomic E-state index is -1.05. The Morgan fingerprint density at radius 1 is 0.750 bits per heavy atom. The summed E-state index contributed by atoms with van der Waals surface area (Å²) in [6.45, 7) is 7.66. The lowest BCUT2D eigenvalue weighted by atomic mass is 9.69. The first-order valence-corrected chi connectivity index (χ1v) is 9.28. The molecule has 0 aliphatic carbocycles. The molecule has 28 heavy (non-hydrogen) atoms. The van der Waals surface area contributed by atoms with Crippen LogP contribution in [0.5, 0.6) is 11.5 Å². The number of nitrogens with one attached hydrogen (secondary N) is 1. The van der Waals surface area contributed by atoms with Crippen molar-refractivity contribution in [1.82, 2.24) is 0 Å². The topological polar surface area (TPSA) is 69.6 Å². The maximum atomic E-state index is 13.6. The molecule has 1 amide bonds. The first-order chi connectivity index (χ1) is 13.2. The SMILES string of the molecule is Cc1cc(C)c2c(c1)C(c1ccc(O)c(C)c1)(c1ccc(O)c(C)c1)C(=O)N2. The smallest absolute Gasteiger partial charge is 0.244 e. The van der Waals surface area contributed by atoms with Crippen molar-refractivity contribution in [2.45, 2.75) is 33.1 Å². The maximum Gasteiger partial charge on any atom is 0.244 e. The van der Waals surface area contributed by atoms with Crippen LogP contribution in [0.15, 0.2) is 48.5 Å². The van der Waals surface area contributed by atoms with Gasteiger partial charge >= 0.3 is 0 Å². The molecule has 0 atom stereocenters. The molecule has 1 aliphatic heterocycles. The number of fused-ring (bicyclic) bond motifs is 1. The van der Waals surface area contributed by atoms with Crippen molar-refractivity contribution in [3.05, 3.63) is 87.5 Å². The zero-order chi connectivity index (χ0) is 20.2. The number of carbonyl (C=O) groups is 1. The number of phenols is 2. The van der Waals surface area contributed by atoms with Gasteiger partial charge in [-0.15, -0.1) is 0 Å². The molecule has 4 rings (SSSR count). The molecular formula is C24H23NO3. The molecule has 3 aromatic carbocycles. The lowest BCUT2D eigenvalue weighted by Crippen LogP contribution is -2.37. The number of carbonyl (C=O) groups excluding carboxylic acids is 1. The van der Waals surface area contributed by atoms with E-state index in [1.807, 2.05) is 45.9 Å². The molecule has 0 spiro atoms. The summed E-state index contributed by atoms with van der Waals surface area (Å²) in [5.74, 6) is 0.256. The highest BCUT2D eigenvalue weighted by Gasteiger charge is 2.50. The van der Waals surface area contributed by atoms with Gasteiger partial charge in [-0.3, -0.25) is 4.79 Å². The summed E-state index contributed by atoms with van der Waals surface area (Å²) in [5.41, 5.74) is 5.74. The van der Waals surface area contributed by atoms with Crippen molar-refractivity contribution in [2.24, 2.45) is 0 Å². The summed E-state index contributed by atoms with van der Waals surface area (Å²) in [4.78, 5) is 13.6. The summed E-state index contributed by atoms with van der Waals surface area (Å²) >= 11 is 0. The van der Waals surface area contributed by atoms with Crippen LogP contribution in [0.2, 0.25) is 0 Å². The molecule has 3 N–H and O–H groups in total. The van der Waals surface area contributed by atoms with Crippen LogP contribution in [0.1, 0.15) is 38.9 Å². The van der Waals surface area contributed by atoms with Crippen LogP contribution in [0, 0.1) is 27.7 Å². The Hall–Kier alpha value is -3.27. The van der Waals surface area contributed by atoms with E-state index in [2.05, 4.69) is 11.4 Å². The molecule has 142 valence electrons. The Kier molecular flexibility index (Phi) is 3.96. The van der Waals surface area contributed by atoms with Crippen molar-refractivity contribution < 1.29 is 15.0 Å². The number of benzene rings is 3. The third kappa shape index (κ3) is 2.41. The minimum Gasteiger partial charge on any atom is -0.508 e. The van der Waals surface area contributed by atoms with E-state index in [-0.39, 0.29) is 17.4 Å². The second-order valence-electron chi connectivity index (χ2n) is 7.71. The molecular weight excluding hydrogens is 350 g/mol. The third-order valence-corrected chi connectivity index (χ3v) is 5.72. The van der Waals surface area contributed by atoms with Crippen molar-refractivity contribution >= 4 is 11.6 Å². The summed E-state index contributed by atoms with van der Waals surface area (Å²) < 4.78 is 0. The zero-order valence-electron chi connectivity index (χ0n) is 16.4. The van der Waals surface area contributed by atoms with E-state index in [4.69, 9.17) is 0 Å². The second kappa shape index (κ2) is 6.13. The van der Waals surface area contributed by atoms with Gasteiger partial charge in [0.1, 0.15) is 16.9 Å². The number of phenolic OH excluding ortho intramolecular Hbond substituents is 2. The van der Waals surface area contributed by atoms with E-state index < -0.39 is 5.41 Å². The first kappa shape index (κ1) is 18.1. The average Bonchev–Trinajstić information content (AvgIpc) is 2.93. The molecule has 0 aromatic heterocycles. The van der Waals surface area contributed by atoms with Gasteiger partial charge in [0.15, 0.2) is 0 Å². The van der Waals surface area contributed by atoms with Crippen LogP contribution >= 0.6 is 0 Å². The van der Waals surface area contributed by atoms with Crippen LogP contribution in [-0.4, -0.2) is 16.1 Å². The Morgan fingerprint density at radius 3 is 1.79 bits per heavy atom. The van der Waals surface area contributed by atoms with E-state index >= 15 is 0 Å². The van der Waals surface area contributed by atoms with E-state index in [1.165, 1.54) is 0 Å². The molecule has 4 heteroatoms. The van der Waals surface area contributed by atoms with Crippen molar-refractivity contribution in [3.8, 4) is 11.5 Å². The van der Waals surface area contributed by atoms with Gasteiger partial charge in [0.05, 0.1) is 0 Å². The van der Waals surface area contributed by atoms with Crippen molar-refractivity contribution in [2.75, 3.05) is 5.32 Å². The predicted molar refractivity (Wildman–Crippen MR) is 110 cm³/mol. The molecule has 0 unspecified atom stereocenters. The molecule has 0 saturated carbocycles. The van der Waals surface area contributed by atoms with Gasteiger partial charge in [0.25, 0.3) is 0 Å².